The third-order valence-corrected chi connectivity index (χ3v) is 3.94. The van der Waals surface area contributed by atoms with Crippen molar-refractivity contribution in [2.45, 2.75) is 6.04 Å². The van der Waals surface area contributed by atoms with Crippen molar-refractivity contribution in [3.63, 3.8) is 0 Å². The van der Waals surface area contributed by atoms with Crippen molar-refractivity contribution in [3.8, 4) is 0 Å². The smallest absolute Gasteiger partial charge is 0.226 e. The molecular weight excluding hydrogens is 240 g/mol. The minimum Gasteiger partial charge on any atom is -0.354 e. The van der Waals surface area contributed by atoms with Crippen molar-refractivity contribution in [1.29, 1.82) is 0 Å². The van der Waals surface area contributed by atoms with Crippen molar-refractivity contribution >= 4 is 11.8 Å². The van der Waals surface area contributed by atoms with E-state index in [-0.39, 0.29) is 0 Å². The lowest BCUT2D eigenvalue weighted by Gasteiger charge is -2.43. The summed E-state index contributed by atoms with van der Waals surface area (Å²) in [7, 11) is 3.95. The van der Waals surface area contributed by atoms with Gasteiger partial charge in [0.15, 0.2) is 0 Å². The molecule has 0 aromatic carbocycles. The standard InChI is InChI=1S/C13H22N6/c1-17(2)13-15-4-3-12(16-13)19-7-5-18(6-8-19)11-9-14-10-11/h3-4,11,14H,5-10H2,1-2H3. The molecule has 19 heavy (non-hydrogen) atoms. The number of nitrogens with zero attached hydrogens (tertiary/aromatic N) is 5. The molecule has 104 valence electrons. The zero-order chi connectivity index (χ0) is 13.2. The predicted molar refractivity (Wildman–Crippen MR) is 76.8 cm³/mol. The van der Waals surface area contributed by atoms with E-state index in [9.17, 15) is 0 Å². The summed E-state index contributed by atoms with van der Waals surface area (Å²) in [5.41, 5.74) is 0. The molecule has 1 aromatic heterocycles. The summed E-state index contributed by atoms with van der Waals surface area (Å²) < 4.78 is 0. The Hall–Kier alpha value is -1.40. The lowest BCUT2D eigenvalue weighted by molar-refractivity contribution is 0.137. The van der Waals surface area contributed by atoms with Crippen molar-refractivity contribution in [1.82, 2.24) is 20.2 Å². The van der Waals surface area contributed by atoms with Crippen LogP contribution in [0.2, 0.25) is 0 Å². The predicted octanol–water partition coefficient (Wildman–Crippen LogP) is -0.364. The molecule has 2 aliphatic rings. The molecule has 6 heteroatoms. The molecule has 2 aliphatic heterocycles. The van der Waals surface area contributed by atoms with Crippen LogP contribution >= 0.6 is 0 Å². The Balaban J connectivity index is 1.62. The topological polar surface area (TPSA) is 47.5 Å². The average Bonchev–Trinajstić information content (AvgIpc) is 2.38. The molecule has 0 spiro atoms. The lowest BCUT2D eigenvalue weighted by Crippen LogP contribution is -2.61. The molecule has 3 rings (SSSR count). The second kappa shape index (κ2) is 5.30. The molecule has 0 amide bonds. The molecule has 1 N–H and O–H groups in total. The van der Waals surface area contributed by atoms with Crippen LogP contribution in [0.3, 0.4) is 0 Å². The number of rotatable bonds is 3. The first-order valence-electron chi connectivity index (χ1n) is 6.94. The maximum absolute atomic E-state index is 4.61. The minimum atomic E-state index is 0.755. The van der Waals surface area contributed by atoms with Gasteiger partial charge in [0, 0.05) is 65.6 Å². The highest BCUT2D eigenvalue weighted by atomic mass is 15.3. The molecule has 2 fully saturated rings. The van der Waals surface area contributed by atoms with Crippen molar-refractivity contribution < 1.29 is 0 Å². The summed E-state index contributed by atoms with van der Waals surface area (Å²) >= 11 is 0. The van der Waals surface area contributed by atoms with Crippen LogP contribution in [0.5, 0.6) is 0 Å². The van der Waals surface area contributed by atoms with Crippen LogP contribution < -0.4 is 15.1 Å². The number of nitrogens with one attached hydrogen (secondary N) is 1. The van der Waals surface area contributed by atoms with E-state index in [4.69, 9.17) is 0 Å². The van der Waals surface area contributed by atoms with E-state index >= 15 is 0 Å². The monoisotopic (exact) mass is 262 g/mol. The Morgan fingerprint density at radius 1 is 1.21 bits per heavy atom. The van der Waals surface area contributed by atoms with E-state index in [1.807, 2.05) is 31.3 Å². The van der Waals surface area contributed by atoms with Crippen molar-refractivity contribution in [2.24, 2.45) is 0 Å². The number of anilines is 2. The molecule has 0 radical (unpaired) electrons. The summed E-state index contributed by atoms with van der Waals surface area (Å²) in [6.07, 6.45) is 1.85. The second-order valence-corrected chi connectivity index (χ2v) is 5.44. The Labute approximate surface area is 114 Å². The van der Waals surface area contributed by atoms with Crippen LogP contribution in [-0.2, 0) is 0 Å². The third kappa shape index (κ3) is 2.64. The number of aromatic nitrogens is 2. The SMILES string of the molecule is CN(C)c1nccc(N2CCN(C3CNC3)CC2)n1. The van der Waals surface area contributed by atoms with Gasteiger partial charge in [-0.2, -0.15) is 4.98 Å². The van der Waals surface area contributed by atoms with Gasteiger partial charge >= 0.3 is 0 Å². The fourth-order valence-corrected chi connectivity index (χ4v) is 2.58. The van der Waals surface area contributed by atoms with E-state index in [0.29, 0.717) is 0 Å². The van der Waals surface area contributed by atoms with Crippen LogP contribution in [0.15, 0.2) is 12.3 Å². The average molecular weight is 262 g/mol. The zero-order valence-corrected chi connectivity index (χ0v) is 11.7. The molecule has 1 aromatic rings. The molecule has 3 heterocycles. The van der Waals surface area contributed by atoms with Gasteiger partial charge in [-0.15, -0.1) is 0 Å². The summed E-state index contributed by atoms with van der Waals surface area (Å²) in [6.45, 7) is 6.68. The highest BCUT2D eigenvalue weighted by Gasteiger charge is 2.28. The van der Waals surface area contributed by atoms with Gasteiger partial charge in [0.25, 0.3) is 0 Å². The van der Waals surface area contributed by atoms with Gasteiger partial charge in [0.05, 0.1) is 0 Å². The van der Waals surface area contributed by atoms with Gasteiger partial charge in [-0.25, -0.2) is 4.98 Å². The zero-order valence-electron chi connectivity index (χ0n) is 11.7. The van der Waals surface area contributed by atoms with E-state index in [1.54, 1.807) is 0 Å². The fraction of sp³-hybridized carbons (Fsp3) is 0.692. The Morgan fingerprint density at radius 3 is 2.53 bits per heavy atom. The van der Waals surface area contributed by atoms with Crippen molar-refractivity contribution in [3.05, 3.63) is 12.3 Å². The maximum atomic E-state index is 4.61. The Bertz CT molecular complexity index is 423. The third-order valence-electron chi connectivity index (χ3n) is 3.94. The molecular formula is C13H22N6. The summed E-state index contributed by atoms with van der Waals surface area (Å²) in [5, 5.41) is 3.34. The largest absolute Gasteiger partial charge is 0.354 e. The molecule has 2 saturated heterocycles. The molecule has 0 saturated carbocycles. The number of hydrogen-bond donors (Lipinski definition) is 1. The summed E-state index contributed by atoms with van der Waals surface area (Å²) in [6, 6.07) is 2.76. The van der Waals surface area contributed by atoms with E-state index in [2.05, 4.69) is 25.1 Å². The molecule has 6 nitrogen and oxygen atoms in total. The van der Waals surface area contributed by atoms with Crippen LogP contribution in [0, 0.1) is 0 Å². The van der Waals surface area contributed by atoms with Crippen LogP contribution in [0.25, 0.3) is 0 Å². The van der Waals surface area contributed by atoms with Gasteiger partial charge in [0.2, 0.25) is 5.95 Å². The lowest BCUT2D eigenvalue weighted by atomic mass is 10.1. The van der Waals surface area contributed by atoms with Crippen LogP contribution in [0.1, 0.15) is 0 Å². The van der Waals surface area contributed by atoms with Crippen LogP contribution in [-0.4, -0.2) is 74.3 Å². The van der Waals surface area contributed by atoms with Crippen LogP contribution in [0.4, 0.5) is 11.8 Å². The van der Waals surface area contributed by atoms with E-state index < -0.39 is 0 Å². The first kappa shape index (κ1) is 12.6. The second-order valence-electron chi connectivity index (χ2n) is 5.44. The normalized spacial score (nSPS) is 21.3. The summed E-state index contributed by atoms with van der Waals surface area (Å²) in [4.78, 5) is 15.8. The first-order valence-corrected chi connectivity index (χ1v) is 6.94. The highest BCUT2D eigenvalue weighted by molar-refractivity contribution is 5.43. The minimum absolute atomic E-state index is 0.755. The molecule has 0 atom stereocenters. The van der Waals surface area contributed by atoms with Gasteiger partial charge < -0.3 is 15.1 Å². The van der Waals surface area contributed by atoms with E-state index in [1.165, 1.54) is 0 Å². The van der Waals surface area contributed by atoms with Gasteiger partial charge in [-0.3, -0.25) is 4.90 Å². The van der Waals surface area contributed by atoms with Gasteiger partial charge in [0.1, 0.15) is 5.82 Å². The fourth-order valence-electron chi connectivity index (χ4n) is 2.58. The quantitative estimate of drug-likeness (QED) is 0.802. The Morgan fingerprint density at radius 2 is 1.95 bits per heavy atom. The van der Waals surface area contributed by atoms with Gasteiger partial charge in [-0.05, 0) is 6.07 Å². The highest BCUT2D eigenvalue weighted by Crippen LogP contribution is 2.17. The van der Waals surface area contributed by atoms with Crippen molar-refractivity contribution in [2.75, 3.05) is 63.2 Å². The molecule has 0 unspecified atom stereocenters. The Kier molecular flexibility index (Phi) is 3.52. The molecule has 0 aliphatic carbocycles. The maximum Gasteiger partial charge on any atom is 0.226 e. The number of hydrogen-bond acceptors (Lipinski definition) is 6. The van der Waals surface area contributed by atoms with E-state index in [0.717, 1.165) is 57.1 Å². The summed E-state index contributed by atoms with van der Waals surface area (Å²) in [5.74, 6) is 1.83. The van der Waals surface area contributed by atoms with Gasteiger partial charge in [-0.1, -0.05) is 0 Å². The first-order chi connectivity index (χ1) is 9.24. The number of piperazine rings is 1. The molecule has 0 bridgehead atoms.